The molecule has 1 rings (SSSR count). The van der Waals surface area contributed by atoms with Gasteiger partial charge in [-0.3, -0.25) is 4.79 Å². The van der Waals surface area contributed by atoms with Crippen molar-refractivity contribution < 1.29 is 9.90 Å². The summed E-state index contributed by atoms with van der Waals surface area (Å²) in [6.07, 6.45) is 2.21. The van der Waals surface area contributed by atoms with E-state index in [0.29, 0.717) is 22.5 Å². The molecule has 1 aromatic rings. The van der Waals surface area contributed by atoms with Gasteiger partial charge in [0.25, 0.3) is 5.91 Å². The van der Waals surface area contributed by atoms with Crippen LogP contribution in [0.15, 0.2) is 22.9 Å². The summed E-state index contributed by atoms with van der Waals surface area (Å²) < 4.78 is 0.615. The minimum absolute atomic E-state index is 0.206. The molecule has 0 aliphatic rings. The minimum Gasteiger partial charge on any atom is -0.388 e. The van der Waals surface area contributed by atoms with Gasteiger partial charge in [0.1, 0.15) is 4.60 Å². The standard InChI is InChI=1S/C13H19BrN2O2/c1-9(2)7-13(3,18)8-16-12(17)10-4-5-15-11(14)6-10/h4-6,9,18H,7-8H2,1-3H3,(H,16,17). The molecule has 5 heteroatoms. The van der Waals surface area contributed by atoms with Crippen molar-refractivity contribution >= 4 is 21.8 Å². The summed E-state index contributed by atoms with van der Waals surface area (Å²) in [6.45, 7) is 6.05. The summed E-state index contributed by atoms with van der Waals surface area (Å²) in [5, 5.41) is 12.8. The Balaban J connectivity index is 2.56. The summed E-state index contributed by atoms with van der Waals surface area (Å²) >= 11 is 3.21. The molecule has 0 saturated carbocycles. The van der Waals surface area contributed by atoms with Crippen molar-refractivity contribution in [3.63, 3.8) is 0 Å². The molecular formula is C13H19BrN2O2. The van der Waals surface area contributed by atoms with E-state index in [2.05, 4.69) is 26.2 Å². The molecule has 0 saturated heterocycles. The molecule has 2 N–H and O–H groups in total. The van der Waals surface area contributed by atoms with E-state index in [-0.39, 0.29) is 12.5 Å². The van der Waals surface area contributed by atoms with Crippen LogP contribution < -0.4 is 5.32 Å². The van der Waals surface area contributed by atoms with Crippen LogP contribution in [0.5, 0.6) is 0 Å². The predicted molar refractivity (Wildman–Crippen MR) is 74.3 cm³/mol. The van der Waals surface area contributed by atoms with Crippen LogP contribution in [0.2, 0.25) is 0 Å². The molecule has 0 aromatic carbocycles. The number of carbonyl (C=O) groups is 1. The van der Waals surface area contributed by atoms with Crippen LogP contribution in [0.25, 0.3) is 0 Å². The smallest absolute Gasteiger partial charge is 0.251 e. The third kappa shape index (κ3) is 5.14. The zero-order valence-electron chi connectivity index (χ0n) is 10.9. The van der Waals surface area contributed by atoms with Crippen molar-refractivity contribution in [3.8, 4) is 0 Å². The maximum absolute atomic E-state index is 11.9. The zero-order valence-corrected chi connectivity index (χ0v) is 12.5. The lowest BCUT2D eigenvalue weighted by molar-refractivity contribution is 0.0368. The fourth-order valence-electron chi connectivity index (χ4n) is 1.87. The lowest BCUT2D eigenvalue weighted by Gasteiger charge is -2.25. The highest BCUT2D eigenvalue weighted by atomic mass is 79.9. The fraction of sp³-hybridized carbons (Fsp3) is 0.538. The average molecular weight is 315 g/mol. The summed E-state index contributed by atoms with van der Waals surface area (Å²) in [5.74, 6) is 0.175. The number of aromatic nitrogens is 1. The molecule has 0 aliphatic heterocycles. The van der Waals surface area contributed by atoms with Crippen molar-refractivity contribution in [2.45, 2.75) is 32.8 Å². The number of hydrogen-bond donors (Lipinski definition) is 2. The monoisotopic (exact) mass is 314 g/mol. The topological polar surface area (TPSA) is 62.2 Å². The molecule has 1 amide bonds. The molecule has 0 aliphatic carbocycles. The van der Waals surface area contributed by atoms with E-state index in [9.17, 15) is 9.90 Å². The van der Waals surface area contributed by atoms with E-state index in [0.717, 1.165) is 0 Å². The number of hydrogen-bond acceptors (Lipinski definition) is 3. The third-order valence-corrected chi connectivity index (χ3v) is 2.90. The lowest BCUT2D eigenvalue weighted by atomic mass is 9.94. The van der Waals surface area contributed by atoms with Gasteiger partial charge in [-0.2, -0.15) is 0 Å². The molecular weight excluding hydrogens is 296 g/mol. The summed E-state index contributed by atoms with van der Waals surface area (Å²) in [6, 6.07) is 3.28. The number of amides is 1. The molecule has 18 heavy (non-hydrogen) atoms. The van der Waals surface area contributed by atoms with Crippen molar-refractivity contribution in [1.82, 2.24) is 10.3 Å². The molecule has 4 nitrogen and oxygen atoms in total. The van der Waals surface area contributed by atoms with Gasteiger partial charge in [-0.1, -0.05) is 13.8 Å². The average Bonchev–Trinajstić information content (AvgIpc) is 2.24. The first-order valence-corrected chi connectivity index (χ1v) is 6.71. The van der Waals surface area contributed by atoms with Crippen LogP contribution in [-0.4, -0.2) is 28.1 Å². The van der Waals surface area contributed by atoms with Crippen molar-refractivity contribution in [3.05, 3.63) is 28.5 Å². The van der Waals surface area contributed by atoms with Crippen LogP contribution in [0, 0.1) is 5.92 Å². The molecule has 1 unspecified atom stereocenters. The first-order valence-electron chi connectivity index (χ1n) is 5.92. The number of rotatable bonds is 5. The van der Waals surface area contributed by atoms with Crippen LogP contribution in [0.4, 0.5) is 0 Å². The van der Waals surface area contributed by atoms with E-state index in [1.165, 1.54) is 0 Å². The number of pyridine rings is 1. The Bertz CT molecular complexity index is 419. The van der Waals surface area contributed by atoms with E-state index in [1.807, 2.05) is 13.8 Å². The number of aliphatic hydroxyl groups is 1. The Kier molecular flexibility index (Phi) is 5.28. The van der Waals surface area contributed by atoms with Crippen LogP contribution in [0.1, 0.15) is 37.6 Å². The number of nitrogens with one attached hydrogen (secondary N) is 1. The second kappa shape index (κ2) is 6.29. The molecule has 0 spiro atoms. The van der Waals surface area contributed by atoms with E-state index in [1.54, 1.807) is 25.3 Å². The summed E-state index contributed by atoms with van der Waals surface area (Å²) in [5.41, 5.74) is -0.356. The van der Waals surface area contributed by atoms with Crippen molar-refractivity contribution in [2.75, 3.05) is 6.54 Å². The normalized spacial score (nSPS) is 14.3. The molecule has 1 heterocycles. The quantitative estimate of drug-likeness (QED) is 0.820. The third-order valence-electron chi connectivity index (χ3n) is 2.47. The second-order valence-corrected chi connectivity index (χ2v) is 5.96. The Morgan fingerprint density at radius 1 is 1.61 bits per heavy atom. The SMILES string of the molecule is CC(C)CC(C)(O)CNC(=O)c1ccnc(Br)c1. The number of carbonyl (C=O) groups excluding carboxylic acids is 1. The molecule has 100 valence electrons. The zero-order chi connectivity index (χ0) is 13.8. The Labute approximate surface area is 116 Å². The van der Waals surface area contributed by atoms with Gasteiger partial charge in [-0.25, -0.2) is 4.98 Å². The molecule has 1 aromatic heterocycles. The second-order valence-electron chi connectivity index (χ2n) is 5.14. The Morgan fingerprint density at radius 2 is 2.28 bits per heavy atom. The molecule has 0 fully saturated rings. The largest absolute Gasteiger partial charge is 0.388 e. The maximum Gasteiger partial charge on any atom is 0.251 e. The predicted octanol–water partition coefficient (Wildman–Crippen LogP) is 2.37. The van der Waals surface area contributed by atoms with Gasteiger partial charge in [0.2, 0.25) is 0 Å². The van der Waals surface area contributed by atoms with Gasteiger partial charge in [0.05, 0.1) is 5.60 Å². The summed E-state index contributed by atoms with van der Waals surface area (Å²) in [7, 11) is 0. The van der Waals surface area contributed by atoms with Gasteiger partial charge >= 0.3 is 0 Å². The van der Waals surface area contributed by atoms with Gasteiger partial charge < -0.3 is 10.4 Å². The first kappa shape index (κ1) is 15.1. The lowest BCUT2D eigenvalue weighted by Crippen LogP contribution is -2.41. The van der Waals surface area contributed by atoms with Gasteiger partial charge in [0.15, 0.2) is 0 Å². The first-order chi connectivity index (χ1) is 8.30. The molecule has 0 bridgehead atoms. The van der Waals surface area contributed by atoms with Gasteiger partial charge in [-0.05, 0) is 47.3 Å². The van der Waals surface area contributed by atoms with E-state index >= 15 is 0 Å². The Hall–Kier alpha value is -0.940. The van der Waals surface area contributed by atoms with Crippen molar-refractivity contribution in [1.29, 1.82) is 0 Å². The van der Waals surface area contributed by atoms with Crippen LogP contribution in [-0.2, 0) is 0 Å². The Morgan fingerprint density at radius 3 is 2.83 bits per heavy atom. The molecule has 0 radical (unpaired) electrons. The fourth-order valence-corrected chi connectivity index (χ4v) is 2.23. The highest BCUT2D eigenvalue weighted by Crippen LogP contribution is 2.15. The highest BCUT2D eigenvalue weighted by Gasteiger charge is 2.22. The van der Waals surface area contributed by atoms with Crippen LogP contribution in [0.3, 0.4) is 0 Å². The van der Waals surface area contributed by atoms with E-state index < -0.39 is 5.60 Å². The maximum atomic E-state index is 11.9. The number of nitrogens with zero attached hydrogens (tertiary/aromatic N) is 1. The summed E-state index contributed by atoms with van der Waals surface area (Å²) in [4.78, 5) is 15.8. The highest BCUT2D eigenvalue weighted by molar-refractivity contribution is 9.10. The molecule has 1 atom stereocenters. The van der Waals surface area contributed by atoms with Gasteiger partial charge in [0, 0.05) is 18.3 Å². The number of halogens is 1. The minimum atomic E-state index is -0.881. The van der Waals surface area contributed by atoms with Crippen LogP contribution >= 0.6 is 15.9 Å². The van der Waals surface area contributed by atoms with Crippen molar-refractivity contribution in [2.24, 2.45) is 5.92 Å². The van der Waals surface area contributed by atoms with E-state index in [4.69, 9.17) is 0 Å². The van der Waals surface area contributed by atoms with Gasteiger partial charge in [-0.15, -0.1) is 0 Å².